The van der Waals surface area contributed by atoms with Crippen LogP contribution in [0.5, 0.6) is 0 Å². The molecule has 0 radical (unpaired) electrons. The molecule has 2 fully saturated rings. The average molecular weight is 228 g/mol. The molecule has 4 unspecified atom stereocenters. The summed E-state index contributed by atoms with van der Waals surface area (Å²) < 4.78 is 3.72. The van der Waals surface area contributed by atoms with Crippen molar-refractivity contribution in [3.8, 4) is 0 Å². The van der Waals surface area contributed by atoms with Gasteiger partial charge in [0.15, 0.2) is 0 Å². The summed E-state index contributed by atoms with van der Waals surface area (Å²) in [5, 5.41) is 16.7. The van der Waals surface area contributed by atoms with E-state index in [1.54, 1.807) is 0 Å². The Morgan fingerprint density at radius 1 is 1.50 bits per heavy atom. The first kappa shape index (κ1) is 13.0. The molecule has 0 heterocycles. The normalized spacial score (nSPS) is 35.1. The Kier molecular flexibility index (Phi) is 4.80. The smallest absolute Gasteiger partial charge is 0.449 e. The zero-order valence-corrected chi connectivity index (χ0v) is 9.63. The van der Waals surface area contributed by atoms with E-state index in [1.807, 2.05) is 0 Å². The van der Waals surface area contributed by atoms with Crippen molar-refractivity contribution in [2.24, 2.45) is 23.7 Å². The minimum atomic E-state index is -1.33. The van der Waals surface area contributed by atoms with Crippen molar-refractivity contribution < 1.29 is 19.7 Å². The third kappa shape index (κ3) is 2.98. The van der Waals surface area contributed by atoms with Crippen molar-refractivity contribution in [3.63, 3.8) is 0 Å². The summed E-state index contributed by atoms with van der Waals surface area (Å²) in [6, 6.07) is 0. The fourth-order valence-electron chi connectivity index (χ4n) is 3.08. The topological polar surface area (TPSA) is 66.8 Å². The van der Waals surface area contributed by atoms with Crippen molar-refractivity contribution in [1.82, 2.24) is 0 Å². The maximum absolute atomic E-state index is 9.31. The highest BCUT2D eigenvalue weighted by atomic mass is 16.7. The van der Waals surface area contributed by atoms with Crippen molar-refractivity contribution in [2.75, 3.05) is 6.61 Å². The summed E-state index contributed by atoms with van der Waals surface area (Å²) in [6.45, 7) is 5.74. The average Bonchev–Trinajstić information content (AvgIpc) is 2.78. The van der Waals surface area contributed by atoms with E-state index in [-0.39, 0.29) is 0 Å². The van der Waals surface area contributed by atoms with E-state index in [1.165, 1.54) is 19.3 Å². The van der Waals surface area contributed by atoms with Crippen LogP contribution in [0.3, 0.4) is 0 Å². The summed E-state index contributed by atoms with van der Waals surface area (Å²) in [7, 11) is 0. The van der Waals surface area contributed by atoms with E-state index in [2.05, 4.69) is 18.2 Å². The van der Waals surface area contributed by atoms with E-state index < -0.39 is 6.16 Å². The first-order chi connectivity index (χ1) is 7.60. The Morgan fingerprint density at radius 2 is 2.12 bits per heavy atom. The van der Waals surface area contributed by atoms with Gasteiger partial charge in [-0.2, -0.15) is 0 Å². The van der Waals surface area contributed by atoms with Gasteiger partial charge in [-0.25, -0.2) is 4.79 Å². The summed E-state index contributed by atoms with van der Waals surface area (Å²) in [5.41, 5.74) is 0. The molecule has 16 heavy (non-hydrogen) atoms. The lowest BCUT2D eigenvalue weighted by molar-refractivity contribution is 0.128. The van der Waals surface area contributed by atoms with Gasteiger partial charge in [-0.1, -0.05) is 13.5 Å². The van der Waals surface area contributed by atoms with Crippen molar-refractivity contribution >= 4 is 6.16 Å². The van der Waals surface area contributed by atoms with Crippen LogP contribution >= 0.6 is 0 Å². The van der Waals surface area contributed by atoms with Crippen LogP contribution in [-0.4, -0.2) is 23.0 Å². The van der Waals surface area contributed by atoms with Crippen LogP contribution in [0, 0.1) is 23.7 Å². The second-order valence-electron chi connectivity index (χ2n) is 4.59. The van der Waals surface area contributed by atoms with Crippen molar-refractivity contribution in [1.29, 1.82) is 0 Å². The summed E-state index contributed by atoms with van der Waals surface area (Å²) >= 11 is 0. The molecule has 0 aliphatic heterocycles. The van der Waals surface area contributed by atoms with Crippen LogP contribution in [0.4, 0.5) is 4.79 Å². The lowest BCUT2D eigenvalue weighted by Gasteiger charge is -2.25. The summed E-state index contributed by atoms with van der Waals surface area (Å²) in [4.78, 5) is 9.31. The van der Waals surface area contributed by atoms with Gasteiger partial charge in [-0.05, 0) is 42.9 Å². The molecule has 0 spiro atoms. The van der Waals surface area contributed by atoms with Crippen LogP contribution in [0.25, 0.3) is 0 Å². The predicted molar refractivity (Wildman–Crippen MR) is 59.9 cm³/mol. The number of hydrogen-bond donors (Lipinski definition) is 2. The molecule has 92 valence electrons. The maximum atomic E-state index is 9.31. The Labute approximate surface area is 95.9 Å². The van der Waals surface area contributed by atoms with E-state index in [4.69, 9.17) is 10.2 Å². The zero-order chi connectivity index (χ0) is 12.1. The molecule has 2 aliphatic rings. The Balaban J connectivity index is 0.000000187. The molecule has 0 aromatic heterocycles. The number of ether oxygens (including phenoxy) is 1. The molecular weight excluding hydrogens is 208 g/mol. The third-order valence-corrected chi connectivity index (χ3v) is 3.93. The molecule has 4 nitrogen and oxygen atoms in total. The van der Waals surface area contributed by atoms with Gasteiger partial charge in [0.1, 0.15) is 0 Å². The van der Waals surface area contributed by atoms with E-state index >= 15 is 0 Å². The Hall–Kier alpha value is -1.03. The van der Waals surface area contributed by atoms with E-state index in [0.29, 0.717) is 12.5 Å². The molecular formula is C12H20O4. The SMILES string of the molecule is C=COC(=O)O.CC1C2CCC(C2)C1CO. The highest BCUT2D eigenvalue weighted by Crippen LogP contribution is 2.51. The lowest BCUT2D eigenvalue weighted by Crippen LogP contribution is -2.22. The molecule has 2 bridgehead atoms. The lowest BCUT2D eigenvalue weighted by atomic mass is 9.81. The minimum absolute atomic E-state index is 0.433. The second kappa shape index (κ2) is 5.89. The number of fused-ring (bicyclic) bond motifs is 2. The molecule has 2 rings (SSSR count). The molecule has 2 saturated carbocycles. The van der Waals surface area contributed by atoms with Gasteiger partial charge in [0.05, 0.1) is 6.26 Å². The van der Waals surface area contributed by atoms with Gasteiger partial charge in [0, 0.05) is 6.61 Å². The number of aliphatic hydroxyl groups excluding tert-OH is 1. The Morgan fingerprint density at radius 3 is 2.38 bits per heavy atom. The summed E-state index contributed by atoms with van der Waals surface area (Å²) in [6.07, 6.45) is 3.75. The van der Waals surface area contributed by atoms with Gasteiger partial charge in [0.2, 0.25) is 0 Å². The standard InChI is InChI=1S/C9H16O.C3H4O3/c1-6-7-2-3-8(4-7)9(6)5-10;1-2-6-3(4)5/h6-10H,2-5H2,1H3;2H,1H2,(H,4,5). The van der Waals surface area contributed by atoms with Crippen LogP contribution in [0.2, 0.25) is 0 Å². The minimum Gasteiger partial charge on any atom is -0.449 e. The van der Waals surface area contributed by atoms with Gasteiger partial charge in [-0.15, -0.1) is 0 Å². The Bertz CT molecular complexity index is 249. The number of rotatable bonds is 2. The largest absolute Gasteiger partial charge is 0.510 e. The number of aliphatic hydroxyl groups is 1. The molecule has 0 amide bonds. The van der Waals surface area contributed by atoms with Crippen molar-refractivity contribution in [3.05, 3.63) is 12.8 Å². The molecule has 4 heteroatoms. The molecule has 0 aromatic carbocycles. The quantitative estimate of drug-likeness (QED) is 0.563. The molecule has 0 aromatic rings. The molecule has 2 N–H and O–H groups in total. The second-order valence-corrected chi connectivity index (χ2v) is 4.59. The third-order valence-electron chi connectivity index (χ3n) is 3.93. The zero-order valence-electron chi connectivity index (χ0n) is 9.63. The molecule has 0 saturated heterocycles. The fraction of sp³-hybridized carbons (Fsp3) is 0.750. The van der Waals surface area contributed by atoms with Gasteiger partial charge >= 0.3 is 6.16 Å². The van der Waals surface area contributed by atoms with Crippen LogP contribution in [0.1, 0.15) is 26.2 Å². The first-order valence-corrected chi connectivity index (χ1v) is 5.71. The van der Waals surface area contributed by atoms with Gasteiger partial charge in [0.25, 0.3) is 0 Å². The highest BCUT2D eigenvalue weighted by molar-refractivity contribution is 5.57. The highest BCUT2D eigenvalue weighted by Gasteiger charge is 2.44. The number of hydrogen-bond acceptors (Lipinski definition) is 3. The number of carbonyl (C=O) groups is 1. The van der Waals surface area contributed by atoms with Crippen LogP contribution < -0.4 is 0 Å². The monoisotopic (exact) mass is 228 g/mol. The first-order valence-electron chi connectivity index (χ1n) is 5.71. The molecule has 4 atom stereocenters. The predicted octanol–water partition coefficient (Wildman–Crippen LogP) is 2.49. The van der Waals surface area contributed by atoms with Gasteiger partial charge < -0.3 is 14.9 Å². The van der Waals surface area contributed by atoms with Gasteiger partial charge in [-0.3, -0.25) is 0 Å². The van der Waals surface area contributed by atoms with Crippen LogP contribution in [-0.2, 0) is 4.74 Å². The van der Waals surface area contributed by atoms with E-state index in [9.17, 15) is 4.79 Å². The van der Waals surface area contributed by atoms with E-state index in [0.717, 1.165) is 24.0 Å². The summed E-state index contributed by atoms with van der Waals surface area (Å²) in [5.74, 6) is 3.30. The molecule has 2 aliphatic carbocycles. The van der Waals surface area contributed by atoms with Crippen molar-refractivity contribution in [2.45, 2.75) is 26.2 Å². The number of carboxylic acid groups (broad SMARTS) is 1. The fourth-order valence-corrected chi connectivity index (χ4v) is 3.08. The van der Waals surface area contributed by atoms with Crippen LogP contribution in [0.15, 0.2) is 12.8 Å². The maximum Gasteiger partial charge on any atom is 0.510 e.